The topological polar surface area (TPSA) is 9.23 Å². The van der Waals surface area contributed by atoms with E-state index in [1.54, 1.807) is 7.11 Å². The number of methoxy groups -OCH3 is 1. The lowest BCUT2D eigenvalue weighted by atomic mass is 9.99. The average Bonchev–Trinajstić information content (AvgIpc) is 2.34. The minimum atomic E-state index is 0.875. The van der Waals surface area contributed by atoms with E-state index in [0.29, 0.717) is 0 Å². The molecule has 0 unspecified atom stereocenters. The van der Waals surface area contributed by atoms with Crippen LogP contribution in [-0.2, 0) is 6.42 Å². The van der Waals surface area contributed by atoms with Crippen molar-refractivity contribution in [2.45, 2.75) is 20.3 Å². The molecule has 1 nitrogen and oxygen atoms in total. The fourth-order valence-electron chi connectivity index (χ4n) is 2.03. The summed E-state index contributed by atoms with van der Waals surface area (Å²) in [5.74, 6) is 0.875. The van der Waals surface area contributed by atoms with Crippen molar-refractivity contribution in [3.63, 3.8) is 0 Å². The molecule has 0 aliphatic carbocycles. The van der Waals surface area contributed by atoms with Crippen LogP contribution in [-0.4, -0.2) is 7.11 Å². The quantitative estimate of drug-likeness (QED) is 0.801. The molecule has 0 bridgehead atoms. The second kappa shape index (κ2) is 5.57. The zero-order chi connectivity index (χ0) is 13.1. The fourth-order valence-corrected chi connectivity index (χ4v) is 2.62. The SMILES string of the molecule is COc1ccc(Cc2cc(C)ccc2C)cc1Br. The number of aryl methyl sites for hydroxylation is 2. The number of hydrogen-bond donors (Lipinski definition) is 0. The molecule has 0 heterocycles. The summed E-state index contributed by atoms with van der Waals surface area (Å²) in [6, 6.07) is 12.8. The lowest BCUT2D eigenvalue weighted by molar-refractivity contribution is 0.412. The molecule has 2 aromatic rings. The number of rotatable bonds is 3. The molecule has 0 aromatic heterocycles. The van der Waals surface area contributed by atoms with Crippen molar-refractivity contribution < 1.29 is 4.74 Å². The lowest BCUT2D eigenvalue weighted by Gasteiger charge is -2.09. The molecule has 0 atom stereocenters. The van der Waals surface area contributed by atoms with Gasteiger partial charge in [0.2, 0.25) is 0 Å². The Morgan fingerprint density at radius 3 is 2.50 bits per heavy atom. The van der Waals surface area contributed by atoms with Gasteiger partial charge in [-0.25, -0.2) is 0 Å². The number of halogens is 1. The van der Waals surface area contributed by atoms with Crippen LogP contribution in [0.25, 0.3) is 0 Å². The van der Waals surface area contributed by atoms with E-state index in [-0.39, 0.29) is 0 Å². The van der Waals surface area contributed by atoms with Crippen molar-refractivity contribution in [2.24, 2.45) is 0 Å². The van der Waals surface area contributed by atoms with Gasteiger partial charge in [0.1, 0.15) is 5.75 Å². The highest BCUT2D eigenvalue weighted by atomic mass is 79.9. The maximum absolute atomic E-state index is 5.25. The molecule has 0 radical (unpaired) electrons. The zero-order valence-corrected chi connectivity index (χ0v) is 12.5. The summed E-state index contributed by atoms with van der Waals surface area (Å²) in [5, 5.41) is 0. The number of ether oxygens (including phenoxy) is 1. The highest BCUT2D eigenvalue weighted by Gasteiger charge is 2.04. The average molecular weight is 305 g/mol. The van der Waals surface area contributed by atoms with Gasteiger partial charge in [0, 0.05) is 0 Å². The van der Waals surface area contributed by atoms with Crippen LogP contribution in [0.15, 0.2) is 40.9 Å². The minimum absolute atomic E-state index is 0.875. The van der Waals surface area contributed by atoms with Crippen molar-refractivity contribution in [3.8, 4) is 5.75 Å². The van der Waals surface area contributed by atoms with E-state index in [1.165, 1.54) is 22.3 Å². The first kappa shape index (κ1) is 13.2. The van der Waals surface area contributed by atoms with Crippen molar-refractivity contribution in [1.29, 1.82) is 0 Å². The van der Waals surface area contributed by atoms with Gasteiger partial charge in [-0.2, -0.15) is 0 Å². The van der Waals surface area contributed by atoms with Crippen LogP contribution in [0, 0.1) is 13.8 Å². The Hall–Kier alpha value is -1.28. The molecule has 0 amide bonds. The smallest absolute Gasteiger partial charge is 0.133 e. The van der Waals surface area contributed by atoms with Crippen LogP contribution in [0.3, 0.4) is 0 Å². The van der Waals surface area contributed by atoms with Gasteiger partial charge in [-0.05, 0) is 65.0 Å². The van der Waals surface area contributed by atoms with Crippen LogP contribution in [0.1, 0.15) is 22.3 Å². The van der Waals surface area contributed by atoms with Gasteiger partial charge in [-0.3, -0.25) is 0 Å². The maximum atomic E-state index is 5.25. The molecule has 0 N–H and O–H groups in total. The van der Waals surface area contributed by atoms with Crippen LogP contribution in [0.2, 0.25) is 0 Å². The third kappa shape index (κ3) is 2.94. The molecule has 2 heteroatoms. The van der Waals surface area contributed by atoms with E-state index in [9.17, 15) is 0 Å². The van der Waals surface area contributed by atoms with Gasteiger partial charge < -0.3 is 4.74 Å². The first-order valence-corrected chi connectivity index (χ1v) is 6.78. The molecular weight excluding hydrogens is 288 g/mol. The molecule has 0 spiro atoms. The van der Waals surface area contributed by atoms with Crippen LogP contribution < -0.4 is 4.74 Å². The largest absolute Gasteiger partial charge is 0.496 e. The minimum Gasteiger partial charge on any atom is -0.496 e. The van der Waals surface area contributed by atoms with E-state index < -0.39 is 0 Å². The standard InChI is InChI=1S/C16H17BrO/c1-11-4-5-12(2)14(8-11)9-13-6-7-16(18-3)15(17)10-13/h4-8,10H,9H2,1-3H3. The van der Waals surface area contributed by atoms with Gasteiger partial charge >= 0.3 is 0 Å². The Morgan fingerprint density at radius 2 is 1.83 bits per heavy atom. The Kier molecular flexibility index (Phi) is 4.07. The van der Waals surface area contributed by atoms with Crippen molar-refractivity contribution >= 4 is 15.9 Å². The summed E-state index contributed by atoms with van der Waals surface area (Å²) in [7, 11) is 1.68. The molecule has 0 aliphatic rings. The Morgan fingerprint density at radius 1 is 1.06 bits per heavy atom. The van der Waals surface area contributed by atoms with Crippen LogP contribution in [0.4, 0.5) is 0 Å². The first-order valence-electron chi connectivity index (χ1n) is 5.98. The molecule has 2 rings (SSSR count). The second-order valence-electron chi connectivity index (χ2n) is 4.58. The third-order valence-corrected chi connectivity index (χ3v) is 3.74. The molecule has 18 heavy (non-hydrogen) atoms. The zero-order valence-electron chi connectivity index (χ0n) is 11.0. The summed E-state index contributed by atoms with van der Waals surface area (Å²) in [5.41, 5.74) is 5.32. The summed E-state index contributed by atoms with van der Waals surface area (Å²) in [4.78, 5) is 0. The van der Waals surface area contributed by atoms with Gasteiger partial charge in [0.15, 0.2) is 0 Å². The molecule has 2 aromatic carbocycles. The Balaban J connectivity index is 2.28. The van der Waals surface area contributed by atoms with Crippen LogP contribution in [0.5, 0.6) is 5.75 Å². The predicted octanol–water partition coefficient (Wildman–Crippen LogP) is 4.67. The van der Waals surface area contributed by atoms with Gasteiger partial charge in [-0.15, -0.1) is 0 Å². The van der Waals surface area contributed by atoms with Crippen molar-refractivity contribution in [3.05, 3.63) is 63.1 Å². The number of hydrogen-bond acceptors (Lipinski definition) is 1. The van der Waals surface area contributed by atoms with Gasteiger partial charge in [0.05, 0.1) is 11.6 Å². The summed E-state index contributed by atoms with van der Waals surface area (Å²) >= 11 is 3.53. The molecule has 0 saturated carbocycles. The summed E-state index contributed by atoms with van der Waals surface area (Å²) in [6.07, 6.45) is 0.954. The van der Waals surface area contributed by atoms with Gasteiger partial charge in [-0.1, -0.05) is 29.8 Å². The first-order chi connectivity index (χ1) is 8.60. The monoisotopic (exact) mass is 304 g/mol. The summed E-state index contributed by atoms with van der Waals surface area (Å²) < 4.78 is 6.25. The number of benzene rings is 2. The summed E-state index contributed by atoms with van der Waals surface area (Å²) in [6.45, 7) is 4.29. The molecular formula is C16H17BrO. The normalized spacial score (nSPS) is 10.4. The van der Waals surface area contributed by atoms with E-state index in [2.05, 4.69) is 60.1 Å². The Bertz CT molecular complexity index is 561. The van der Waals surface area contributed by atoms with E-state index in [1.807, 2.05) is 6.07 Å². The van der Waals surface area contributed by atoms with Crippen molar-refractivity contribution in [1.82, 2.24) is 0 Å². The van der Waals surface area contributed by atoms with E-state index in [0.717, 1.165) is 16.6 Å². The molecule has 94 valence electrons. The Labute approximate surface area is 117 Å². The highest BCUT2D eigenvalue weighted by Crippen LogP contribution is 2.27. The molecule has 0 saturated heterocycles. The van der Waals surface area contributed by atoms with E-state index in [4.69, 9.17) is 4.74 Å². The second-order valence-corrected chi connectivity index (χ2v) is 5.43. The molecule has 0 fully saturated rings. The third-order valence-electron chi connectivity index (χ3n) is 3.12. The lowest BCUT2D eigenvalue weighted by Crippen LogP contribution is -1.94. The van der Waals surface area contributed by atoms with Crippen molar-refractivity contribution in [2.75, 3.05) is 7.11 Å². The highest BCUT2D eigenvalue weighted by molar-refractivity contribution is 9.10. The molecule has 0 aliphatic heterocycles. The maximum Gasteiger partial charge on any atom is 0.133 e. The fraction of sp³-hybridized carbons (Fsp3) is 0.250. The van der Waals surface area contributed by atoms with Gasteiger partial charge in [0.25, 0.3) is 0 Å². The predicted molar refractivity (Wildman–Crippen MR) is 79.4 cm³/mol. The van der Waals surface area contributed by atoms with Crippen LogP contribution >= 0.6 is 15.9 Å². The van der Waals surface area contributed by atoms with E-state index >= 15 is 0 Å².